The summed E-state index contributed by atoms with van der Waals surface area (Å²) in [5, 5.41) is 6.99. The molecule has 3 aromatic rings. The van der Waals surface area contributed by atoms with Crippen LogP contribution >= 0.6 is 0 Å². The van der Waals surface area contributed by atoms with Crippen molar-refractivity contribution in [2.75, 3.05) is 13.1 Å². The Kier molecular flexibility index (Phi) is 6.89. The molecular formula is C28H33N3O3S. The fraction of sp³-hybridized carbons (Fsp3) is 0.429. The smallest absolute Gasteiger partial charge is 0.267 e. The fourth-order valence-electron chi connectivity index (χ4n) is 5.57. The molecule has 0 bridgehead atoms. The molecule has 5 rings (SSSR count). The summed E-state index contributed by atoms with van der Waals surface area (Å²) in [6, 6.07) is 16.1. The van der Waals surface area contributed by atoms with E-state index in [4.69, 9.17) is 0 Å². The molecule has 1 aliphatic carbocycles. The number of nitrogens with one attached hydrogen (secondary N) is 1. The third-order valence-electron chi connectivity index (χ3n) is 7.58. The van der Waals surface area contributed by atoms with Crippen LogP contribution < -0.4 is 5.56 Å². The predicted octanol–water partition coefficient (Wildman–Crippen LogP) is 4.52. The molecule has 0 atom stereocenters. The van der Waals surface area contributed by atoms with Gasteiger partial charge in [0.25, 0.3) is 5.56 Å². The SMILES string of the molecule is CCc1ccc(-c2n[nH]c(=O)c3c2CCCC3)cc1S(=O)(=O)N1CCC(Cc2ccccc2)CC1. The van der Waals surface area contributed by atoms with Gasteiger partial charge in [0, 0.05) is 24.2 Å². The van der Waals surface area contributed by atoms with Crippen LogP contribution in [-0.4, -0.2) is 36.0 Å². The van der Waals surface area contributed by atoms with Gasteiger partial charge in [-0.25, -0.2) is 13.5 Å². The molecule has 7 heteroatoms. The minimum Gasteiger partial charge on any atom is -0.268 e. The van der Waals surface area contributed by atoms with Gasteiger partial charge in [-0.3, -0.25) is 4.79 Å². The van der Waals surface area contributed by atoms with Crippen molar-refractivity contribution < 1.29 is 8.42 Å². The van der Waals surface area contributed by atoms with Gasteiger partial charge < -0.3 is 0 Å². The van der Waals surface area contributed by atoms with E-state index in [9.17, 15) is 13.2 Å². The Morgan fingerprint density at radius 3 is 2.43 bits per heavy atom. The van der Waals surface area contributed by atoms with Gasteiger partial charge in [0.2, 0.25) is 10.0 Å². The second-order valence-electron chi connectivity index (χ2n) is 9.78. The molecule has 184 valence electrons. The van der Waals surface area contributed by atoms with Gasteiger partial charge in [-0.2, -0.15) is 9.40 Å². The zero-order valence-electron chi connectivity index (χ0n) is 20.3. The molecule has 0 saturated carbocycles. The van der Waals surface area contributed by atoms with Crippen molar-refractivity contribution in [3.05, 3.63) is 81.1 Å². The molecule has 35 heavy (non-hydrogen) atoms. The van der Waals surface area contributed by atoms with Gasteiger partial charge in [0.15, 0.2) is 0 Å². The Labute approximate surface area is 207 Å². The zero-order chi connectivity index (χ0) is 24.4. The molecular weight excluding hydrogens is 458 g/mol. The molecule has 0 spiro atoms. The first-order chi connectivity index (χ1) is 17.0. The van der Waals surface area contributed by atoms with Gasteiger partial charge >= 0.3 is 0 Å². The van der Waals surface area contributed by atoms with E-state index in [1.54, 1.807) is 10.4 Å². The molecule has 0 radical (unpaired) electrons. The Hall–Kier alpha value is -2.77. The minimum atomic E-state index is -3.63. The van der Waals surface area contributed by atoms with Crippen LogP contribution in [0.4, 0.5) is 0 Å². The number of fused-ring (bicyclic) bond motifs is 1. The predicted molar refractivity (Wildman–Crippen MR) is 138 cm³/mol. The monoisotopic (exact) mass is 491 g/mol. The minimum absolute atomic E-state index is 0.125. The number of piperidine rings is 1. The summed E-state index contributed by atoms with van der Waals surface area (Å²) in [7, 11) is -3.63. The Bertz CT molecular complexity index is 1360. The molecule has 0 amide bonds. The lowest BCUT2D eigenvalue weighted by Gasteiger charge is -2.32. The summed E-state index contributed by atoms with van der Waals surface area (Å²) in [6.45, 7) is 3.07. The number of benzene rings is 2. The third-order valence-corrected chi connectivity index (χ3v) is 9.56. The highest BCUT2D eigenvalue weighted by atomic mass is 32.2. The van der Waals surface area contributed by atoms with Gasteiger partial charge in [-0.15, -0.1) is 0 Å². The van der Waals surface area contributed by atoms with Crippen LogP contribution in [0.15, 0.2) is 58.2 Å². The number of sulfonamides is 1. The molecule has 6 nitrogen and oxygen atoms in total. The lowest BCUT2D eigenvalue weighted by atomic mass is 9.89. The summed E-state index contributed by atoms with van der Waals surface area (Å²) in [6.07, 6.45) is 6.91. The second-order valence-corrected chi connectivity index (χ2v) is 11.7. The Morgan fingerprint density at radius 1 is 1.00 bits per heavy atom. The number of nitrogens with zero attached hydrogens (tertiary/aromatic N) is 2. The lowest BCUT2D eigenvalue weighted by Crippen LogP contribution is -2.39. The molecule has 1 aromatic heterocycles. The van der Waals surface area contributed by atoms with Crippen molar-refractivity contribution in [3.8, 4) is 11.3 Å². The first-order valence-corrected chi connectivity index (χ1v) is 14.2. The molecule has 1 fully saturated rings. The van der Waals surface area contributed by atoms with Crippen LogP contribution in [0.25, 0.3) is 11.3 Å². The molecule has 1 saturated heterocycles. The van der Waals surface area contributed by atoms with Crippen molar-refractivity contribution in [1.82, 2.24) is 14.5 Å². The van der Waals surface area contributed by atoms with Crippen molar-refractivity contribution in [1.29, 1.82) is 0 Å². The van der Waals surface area contributed by atoms with E-state index in [1.807, 2.05) is 25.1 Å². The first-order valence-electron chi connectivity index (χ1n) is 12.7. The quantitative estimate of drug-likeness (QED) is 0.550. The average molecular weight is 492 g/mol. The molecule has 2 aromatic carbocycles. The number of rotatable bonds is 6. The highest BCUT2D eigenvalue weighted by molar-refractivity contribution is 7.89. The molecule has 2 heterocycles. The number of hydrogen-bond acceptors (Lipinski definition) is 4. The van der Waals surface area contributed by atoms with E-state index in [2.05, 4.69) is 34.5 Å². The molecule has 1 N–H and O–H groups in total. The van der Waals surface area contributed by atoms with Gasteiger partial charge in [0.05, 0.1) is 10.6 Å². The van der Waals surface area contributed by atoms with Gasteiger partial charge in [0.1, 0.15) is 0 Å². The van der Waals surface area contributed by atoms with Crippen molar-refractivity contribution in [2.24, 2.45) is 5.92 Å². The van der Waals surface area contributed by atoms with E-state index in [0.717, 1.165) is 67.2 Å². The number of hydrogen-bond donors (Lipinski definition) is 1. The maximum Gasteiger partial charge on any atom is 0.267 e. The summed E-state index contributed by atoms with van der Waals surface area (Å²) >= 11 is 0. The van der Waals surface area contributed by atoms with Crippen LogP contribution in [0.3, 0.4) is 0 Å². The Balaban J connectivity index is 1.42. The maximum atomic E-state index is 13.8. The zero-order valence-corrected chi connectivity index (χ0v) is 21.1. The topological polar surface area (TPSA) is 83.1 Å². The van der Waals surface area contributed by atoms with Crippen LogP contribution in [-0.2, 0) is 35.7 Å². The molecule has 2 aliphatic rings. The fourth-order valence-corrected chi connectivity index (χ4v) is 7.36. The van der Waals surface area contributed by atoms with Crippen molar-refractivity contribution in [3.63, 3.8) is 0 Å². The normalized spacial score (nSPS) is 17.3. The number of H-pyrrole nitrogens is 1. The van der Waals surface area contributed by atoms with E-state index in [-0.39, 0.29) is 5.56 Å². The first kappa shape index (κ1) is 23.9. The summed E-state index contributed by atoms with van der Waals surface area (Å²) in [5.74, 6) is 0.498. The van der Waals surface area contributed by atoms with Crippen LogP contribution in [0.5, 0.6) is 0 Å². The summed E-state index contributed by atoms with van der Waals surface area (Å²) < 4.78 is 29.3. The van der Waals surface area contributed by atoms with E-state index in [0.29, 0.717) is 36.0 Å². The average Bonchev–Trinajstić information content (AvgIpc) is 2.90. The van der Waals surface area contributed by atoms with Crippen LogP contribution in [0, 0.1) is 5.92 Å². The molecule has 0 unspecified atom stereocenters. The summed E-state index contributed by atoms with van der Waals surface area (Å²) in [4.78, 5) is 12.7. The highest BCUT2D eigenvalue weighted by Gasteiger charge is 2.31. The molecule has 1 aliphatic heterocycles. The van der Waals surface area contributed by atoms with E-state index in [1.165, 1.54) is 5.56 Å². The van der Waals surface area contributed by atoms with Crippen molar-refractivity contribution in [2.45, 2.75) is 63.2 Å². The third kappa shape index (κ3) is 4.84. The van der Waals surface area contributed by atoms with Crippen molar-refractivity contribution >= 4 is 10.0 Å². The van der Waals surface area contributed by atoms with Gasteiger partial charge in [-0.1, -0.05) is 49.4 Å². The van der Waals surface area contributed by atoms with E-state index < -0.39 is 10.0 Å². The number of aryl methyl sites for hydroxylation is 1. The summed E-state index contributed by atoms with van der Waals surface area (Å²) in [5.41, 5.74) is 5.24. The van der Waals surface area contributed by atoms with E-state index >= 15 is 0 Å². The Morgan fingerprint density at radius 2 is 1.71 bits per heavy atom. The lowest BCUT2D eigenvalue weighted by molar-refractivity contribution is 0.272. The largest absolute Gasteiger partial charge is 0.268 e. The number of aromatic amines is 1. The standard InChI is InChI=1S/C28H33N3O3S/c1-2-22-12-13-23(27-24-10-6-7-11-25(24)28(32)30-29-27)19-26(22)35(33,34)31-16-14-21(15-17-31)18-20-8-4-3-5-9-20/h3-5,8-9,12-13,19,21H,2,6-7,10-11,14-18H2,1H3,(H,30,32). The maximum absolute atomic E-state index is 13.8. The number of aromatic nitrogens is 2. The van der Waals surface area contributed by atoms with Gasteiger partial charge in [-0.05, 0) is 80.0 Å². The second kappa shape index (κ2) is 10.1. The highest BCUT2D eigenvalue weighted by Crippen LogP contribution is 2.33. The van der Waals surface area contributed by atoms with Crippen LogP contribution in [0.1, 0.15) is 54.9 Å². The van der Waals surface area contributed by atoms with Crippen LogP contribution in [0.2, 0.25) is 0 Å².